The van der Waals surface area contributed by atoms with E-state index < -0.39 is 24.0 Å². The molecule has 1 fully saturated rings. The van der Waals surface area contributed by atoms with E-state index in [2.05, 4.69) is 10.5 Å². The van der Waals surface area contributed by atoms with E-state index in [1.54, 1.807) is 0 Å². The minimum Gasteiger partial charge on any atom is -0.409 e. The Labute approximate surface area is 115 Å². The molecule has 8 heteroatoms. The summed E-state index contributed by atoms with van der Waals surface area (Å²) in [7, 11) is 0. The molecule has 0 radical (unpaired) electrons. The number of nitrogens with one attached hydrogen (secondary N) is 1. The molecule has 0 spiro atoms. The molecule has 0 atom stereocenters. The number of hydrogen-bond acceptors (Lipinski definition) is 3. The Kier molecular flexibility index (Phi) is 5.64. The normalized spacial score (nSPS) is 20.9. The second kappa shape index (κ2) is 6.81. The van der Waals surface area contributed by atoms with Gasteiger partial charge in [-0.2, -0.15) is 13.2 Å². The summed E-state index contributed by atoms with van der Waals surface area (Å²) in [5, 5.41) is 14.1. The molecule has 0 aromatic heterocycles. The maximum absolute atomic E-state index is 12.2. The van der Waals surface area contributed by atoms with Crippen molar-refractivity contribution in [1.29, 1.82) is 0 Å². The standard InChI is InChI=1S/C12H20F3N3O2/c13-12(14,15)8-9(19)17-11(10(16)18-20)6-4-2-1-3-5-7-11/h20H,1-8H2,(H2,16,18)(H,17,19). The van der Waals surface area contributed by atoms with E-state index in [1.807, 2.05) is 0 Å². The van der Waals surface area contributed by atoms with Gasteiger partial charge < -0.3 is 16.3 Å². The van der Waals surface area contributed by atoms with Gasteiger partial charge in [0, 0.05) is 0 Å². The fourth-order valence-electron chi connectivity index (χ4n) is 2.54. The first kappa shape index (κ1) is 16.6. The van der Waals surface area contributed by atoms with Gasteiger partial charge in [-0.15, -0.1) is 0 Å². The molecule has 0 unspecified atom stereocenters. The lowest BCUT2D eigenvalue weighted by atomic mass is 9.82. The predicted molar refractivity (Wildman–Crippen MR) is 67.3 cm³/mol. The number of carbonyl (C=O) groups excluding carboxylic acids is 1. The lowest BCUT2D eigenvalue weighted by molar-refractivity contribution is -0.154. The third kappa shape index (κ3) is 4.90. The number of rotatable bonds is 3. The number of amidine groups is 1. The second-order valence-electron chi connectivity index (χ2n) is 5.18. The molecule has 1 rings (SSSR count). The van der Waals surface area contributed by atoms with Crippen molar-refractivity contribution in [2.24, 2.45) is 10.9 Å². The highest BCUT2D eigenvalue weighted by Gasteiger charge is 2.39. The summed E-state index contributed by atoms with van der Waals surface area (Å²) in [6, 6.07) is 0. The minimum atomic E-state index is -4.57. The average molecular weight is 295 g/mol. The van der Waals surface area contributed by atoms with Gasteiger partial charge in [-0.3, -0.25) is 4.79 Å². The lowest BCUT2D eigenvalue weighted by Crippen LogP contribution is -2.58. The van der Waals surface area contributed by atoms with E-state index in [4.69, 9.17) is 10.9 Å². The number of nitrogens with zero attached hydrogens (tertiary/aromatic N) is 1. The quantitative estimate of drug-likeness (QED) is 0.323. The molecule has 1 aliphatic rings. The van der Waals surface area contributed by atoms with Gasteiger partial charge in [-0.05, 0) is 12.8 Å². The molecule has 1 aliphatic carbocycles. The maximum Gasteiger partial charge on any atom is 0.397 e. The van der Waals surface area contributed by atoms with Crippen molar-refractivity contribution in [2.75, 3.05) is 0 Å². The van der Waals surface area contributed by atoms with Crippen LogP contribution in [0.15, 0.2) is 5.16 Å². The highest BCUT2D eigenvalue weighted by atomic mass is 19.4. The molecule has 1 saturated carbocycles. The van der Waals surface area contributed by atoms with Crippen molar-refractivity contribution in [1.82, 2.24) is 5.32 Å². The Morgan fingerprint density at radius 1 is 1.20 bits per heavy atom. The maximum atomic E-state index is 12.2. The number of carbonyl (C=O) groups is 1. The summed E-state index contributed by atoms with van der Waals surface area (Å²) in [5.41, 5.74) is 4.45. The van der Waals surface area contributed by atoms with Crippen LogP contribution in [-0.2, 0) is 4.79 Å². The Bertz CT molecular complexity index is 361. The highest BCUT2D eigenvalue weighted by Crippen LogP contribution is 2.28. The zero-order valence-electron chi connectivity index (χ0n) is 11.2. The number of nitrogens with two attached hydrogens (primary N) is 1. The van der Waals surface area contributed by atoms with Gasteiger partial charge in [0.2, 0.25) is 5.91 Å². The Hall–Kier alpha value is -1.47. The summed E-state index contributed by atoms with van der Waals surface area (Å²) < 4.78 is 36.7. The van der Waals surface area contributed by atoms with Crippen LogP contribution in [0.25, 0.3) is 0 Å². The van der Waals surface area contributed by atoms with E-state index in [1.165, 1.54) is 0 Å². The fraction of sp³-hybridized carbons (Fsp3) is 0.833. The van der Waals surface area contributed by atoms with Crippen LogP contribution in [0, 0.1) is 0 Å². The Balaban J connectivity index is 2.84. The van der Waals surface area contributed by atoms with Crippen molar-refractivity contribution in [3.05, 3.63) is 0 Å². The summed E-state index contributed by atoms with van der Waals surface area (Å²) in [4.78, 5) is 11.5. The van der Waals surface area contributed by atoms with Crippen LogP contribution in [0.1, 0.15) is 51.4 Å². The smallest absolute Gasteiger partial charge is 0.397 e. The lowest BCUT2D eigenvalue weighted by Gasteiger charge is -2.35. The van der Waals surface area contributed by atoms with E-state index in [0.717, 1.165) is 19.3 Å². The van der Waals surface area contributed by atoms with Gasteiger partial charge in [0.25, 0.3) is 0 Å². The monoisotopic (exact) mass is 295 g/mol. The van der Waals surface area contributed by atoms with Gasteiger partial charge in [-0.25, -0.2) is 0 Å². The molecular weight excluding hydrogens is 275 g/mol. The molecule has 5 nitrogen and oxygen atoms in total. The molecule has 1 amide bonds. The first-order chi connectivity index (χ1) is 9.29. The SMILES string of the molecule is N/C(=N/O)C1(NC(=O)CC(F)(F)F)CCCCCCC1. The minimum absolute atomic E-state index is 0.227. The topological polar surface area (TPSA) is 87.7 Å². The Morgan fingerprint density at radius 3 is 2.15 bits per heavy atom. The number of amides is 1. The van der Waals surface area contributed by atoms with Gasteiger partial charge in [0.1, 0.15) is 12.0 Å². The summed E-state index contributed by atoms with van der Waals surface area (Å²) in [5.74, 6) is -1.38. The van der Waals surface area contributed by atoms with Crippen LogP contribution in [0.2, 0.25) is 0 Å². The van der Waals surface area contributed by atoms with E-state index in [0.29, 0.717) is 25.7 Å². The second-order valence-corrected chi connectivity index (χ2v) is 5.18. The van der Waals surface area contributed by atoms with E-state index in [9.17, 15) is 18.0 Å². The van der Waals surface area contributed by atoms with Crippen LogP contribution in [0.3, 0.4) is 0 Å². The number of hydrogen-bond donors (Lipinski definition) is 3. The third-order valence-corrected chi connectivity index (χ3v) is 3.54. The largest absolute Gasteiger partial charge is 0.409 e. The first-order valence-corrected chi connectivity index (χ1v) is 6.65. The van der Waals surface area contributed by atoms with Gasteiger partial charge in [0.15, 0.2) is 5.84 Å². The van der Waals surface area contributed by atoms with Crippen molar-refractivity contribution in [3.8, 4) is 0 Å². The van der Waals surface area contributed by atoms with Crippen LogP contribution in [0.4, 0.5) is 13.2 Å². The predicted octanol–water partition coefficient (Wildman–Crippen LogP) is 2.28. The van der Waals surface area contributed by atoms with Crippen LogP contribution < -0.4 is 11.1 Å². The number of alkyl halides is 3. The Morgan fingerprint density at radius 2 is 1.70 bits per heavy atom. The fourth-order valence-corrected chi connectivity index (χ4v) is 2.54. The summed E-state index contributed by atoms with van der Waals surface area (Å²) >= 11 is 0. The van der Waals surface area contributed by atoms with Gasteiger partial charge >= 0.3 is 6.18 Å². The van der Waals surface area contributed by atoms with Crippen LogP contribution in [-0.4, -0.2) is 28.7 Å². The van der Waals surface area contributed by atoms with E-state index in [-0.39, 0.29) is 5.84 Å². The third-order valence-electron chi connectivity index (χ3n) is 3.54. The van der Waals surface area contributed by atoms with Crippen LogP contribution in [0.5, 0.6) is 0 Å². The van der Waals surface area contributed by atoms with Crippen molar-refractivity contribution >= 4 is 11.7 Å². The molecule has 0 aromatic rings. The van der Waals surface area contributed by atoms with Crippen molar-refractivity contribution < 1.29 is 23.2 Å². The first-order valence-electron chi connectivity index (χ1n) is 6.65. The molecule has 0 saturated heterocycles. The zero-order chi connectivity index (χ0) is 15.2. The highest BCUT2D eigenvalue weighted by molar-refractivity contribution is 5.94. The van der Waals surface area contributed by atoms with Gasteiger partial charge in [0.05, 0.1) is 0 Å². The van der Waals surface area contributed by atoms with Crippen molar-refractivity contribution in [2.45, 2.75) is 63.1 Å². The molecule has 20 heavy (non-hydrogen) atoms. The summed E-state index contributed by atoms with van der Waals surface area (Å²) in [6.07, 6.45) is -1.08. The molecular formula is C12H20F3N3O2. The van der Waals surface area contributed by atoms with E-state index >= 15 is 0 Å². The number of halogens is 3. The van der Waals surface area contributed by atoms with Crippen molar-refractivity contribution in [3.63, 3.8) is 0 Å². The molecule has 4 N–H and O–H groups in total. The zero-order valence-corrected chi connectivity index (χ0v) is 11.2. The molecule has 0 aliphatic heterocycles. The molecule has 0 heterocycles. The van der Waals surface area contributed by atoms with Gasteiger partial charge in [-0.1, -0.05) is 37.3 Å². The average Bonchev–Trinajstić information content (AvgIpc) is 2.29. The molecule has 0 aromatic carbocycles. The summed E-state index contributed by atoms with van der Waals surface area (Å²) in [6.45, 7) is 0. The van der Waals surface area contributed by atoms with Crippen LogP contribution >= 0.6 is 0 Å². The molecule has 116 valence electrons. The number of oxime groups is 1. The molecule has 0 bridgehead atoms.